The molecule has 6 nitrogen and oxygen atoms in total. The van der Waals surface area contributed by atoms with Crippen molar-refractivity contribution in [2.75, 3.05) is 19.1 Å². The number of rotatable bonds is 6. The molecule has 2 heterocycles. The van der Waals surface area contributed by atoms with E-state index in [9.17, 15) is 4.79 Å². The number of methoxy groups -OCH3 is 1. The van der Waals surface area contributed by atoms with Crippen LogP contribution in [0.4, 0.5) is 10.5 Å². The minimum absolute atomic E-state index is 0.106. The van der Waals surface area contributed by atoms with Crippen LogP contribution in [0, 0.1) is 0 Å². The summed E-state index contributed by atoms with van der Waals surface area (Å²) in [5.41, 5.74) is 8.55. The van der Waals surface area contributed by atoms with Crippen molar-refractivity contribution in [3.8, 4) is 33.1 Å². The van der Waals surface area contributed by atoms with E-state index in [0.29, 0.717) is 23.0 Å². The Labute approximate surface area is 183 Å². The molecule has 0 aliphatic carbocycles. The van der Waals surface area contributed by atoms with Gasteiger partial charge in [-0.05, 0) is 29.0 Å². The Hall–Kier alpha value is -2.90. The van der Waals surface area contributed by atoms with Gasteiger partial charge in [0.15, 0.2) is 0 Å². The van der Waals surface area contributed by atoms with Gasteiger partial charge in [-0.15, -0.1) is 11.3 Å². The normalized spacial score (nSPS) is 12.8. The first-order valence-electron chi connectivity index (χ1n) is 9.51. The van der Waals surface area contributed by atoms with Crippen molar-refractivity contribution in [2.45, 2.75) is 19.3 Å². The number of thiophene rings is 1. The van der Waals surface area contributed by atoms with Crippen LogP contribution < -0.4 is 20.4 Å². The number of anilines is 1. The summed E-state index contributed by atoms with van der Waals surface area (Å²) in [6.07, 6.45) is -0.178. The molecule has 1 aliphatic rings. The number of ether oxygens (including phenoxy) is 1. The number of hydrogen-bond acceptors (Lipinski definition) is 5. The molecule has 0 spiro atoms. The van der Waals surface area contributed by atoms with E-state index in [4.69, 9.17) is 26.3 Å². The summed E-state index contributed by atoms with van der Waals surface area (Å²) >= 11 is 8.00. The van der Waals surface area contributed by atoms with Crippen molar-refractivity contribution >= 4 is 34.7 Å². The zero-order valence-corrected chi connectivity index (χ0v) is 18.1. The molecule has 8 heteroatoms. The monoisotopic (exact) mass is 444 g/mol. The van der Waals surface area contributed by atoms with Gasteiger partial charge in [-0.2, -0.15) is 0 Å². The van der Waals surface area contributed by atoms with E-state index in [1.54, 1.807) is 13.2 Å². The van der Waals surface area contributed by atoms with Crippen molar-refractivity contribution in [3.63, 3.8) is 0 Å². The zero-order chi connectivity index (χ0) is 21.3. The molecule has 0 bridgehead atoms. The number of carbonyl (C=O) groups is 1. The molecule has 1 aromatic heterocycles. The van der Waals surface area contributed by atoms with E-state index >= 15 is 0 Å². The number of benzene rings is 2. The van der Waals surface area contributed by atoms with Crippen molar-refractivity contribution in [2.24, 2.45) is 0 Å². The van der Waals surface area contributed by atoms with Crippen LogP contribution in [0.5, 0.6) is 10.8 Å². The molecular weight excluding hydrogens is 424 g/mol. The highest BCUT2D eigenvalue weighted by Gasteiger charge is 2.27. The van der Waals surface area contributed by atoms with Crippen molar-refractivity contribution < 1.29 is 19.5 Å². The summed E-state index contributed by atoms with van der Waals surface area (Å²) in [4.78, 5) is 16.5. The molecule has 1 atom stereocenters. The van der Waals surface area contributed by atoms with Gasteiger partial charge >= 0.3 is 6.09 Å². The highest BCUT2D eigenvalue weighted by molar-refractivity contribution is 7.12. The second kappa shape index (κ2) is 8.45. The van der Waals surface area contributed by atoms with Gasteiger partial charge in [-0.25, -0.2) is 10.3 Å². The largest absolute Gasteiger partial charge is 0.496 e. The lowest BCUT2D eigenvalue weighted by Crippen LogP contribution is -2.26. The molecule has 0 fully saturated rings. The molecule has 0 saturated heterocycles. The fourth-order valence-electron chi connectivity index (χ4n) is 3.73. The molecule has 0 radical (unpaired) electrons. The average molecular weight is 445 g/mol. The standard InChI is InChI=1S/C22H21ClN2O4S/c1-3-12(11-24-22(26)27)13-4-6-14(7-5-13)18-17(28-2)10-16(23)20-19(18)15-8-9-30-21(15)29-25-20/h4-10,12,24-25H,3,11H2,1-2H3,(H,26,27). The first-order chi connectivity index (χ1) is 14.5. The number of fused-ring (bicyclic) bond motifs is 3. The van der Waals surface area contributed by atoms with Crippen LogP contribution in [0.3, 0.4) is 0 Å². The van der Waals surface area contributed by atoms with Gasteiger partial charge in [0.25, 0.3) is 0 Å². The minimum Gasteiger partial charge on any atom is -0.496 e. The quantitative estimate of drug-likeness (QED) is 0.420. The molecule has 30 heavy (non-hydrogen) atoms. The fourth-order valence-corrected chi connectivity index (χ4v) is 4.68. The second-order valence-corrected chi connectivity index (χ2v) is 8.21. The van der Waals surface area contributed by atoms with Gasteiger partial charge in [0.1, 0.15) is 5.75 Å². The molecule has 156 valence electrons. The van der Waals surface area contributed by atoms with Gasteiger partial charge in [-0.3, -0.25) is 0 Å². The number of amides is 1. The number of carboxylic acid groups (broad SMARTS) is 1. The lowest BCUT2D eigenvalue weighted by molar-refractivity contribution is 0.193. The molecule has 0 saturated carbocycles. The smallest absolute Gasteiger partial charge is 0.404 e. The second-order valence-electron chi connectivity index (χ2n) is 6.92. The van der Waals surface area contributed by atoms with E-state index in [-0.39, 0.29) is 5.92 Å². The van der Waals surface area contributed by atoms with Gasteiger partial charge in [-0.1, -0.05) is 42.8 Å². The van der Waals surface area contributed by atoms with Crippen LogP contribution in [0.25, 0.3) is 22.3 Å². The third-order valence-corrected chi connectivity index (χ3v) is 6.36. The Morgan fingerprint density at radius 2 is 2.07 bits per heavy atom. The SMILES string of the molecule is CCC(CNC(=O)O)c1ccc(-c2c(OC)cc(Cl)c3c2-c2ccsc2ON3)cc1. The molecule has 2 aromatic carbocycles. The molecule has 4 rings (SSSR count). The Morgan fingerprint density at radius 3 is 2.73 bits per heavy atom. The van der Waals surface area contributed by atoms with Gasteiger partial charge in [0.2, 0.25) is 5.06 Å². The van der Waals surface area contributed by atoms with Crippen LogP contribution in [-0.4, -0.2) is 24.9 Å². The van der Waals surface area contributed by atoms with Crippen LogP contribution in [0.2, 0.25) is 5.02 Å². The van der Waals surface area contributed by atoms with E-state index in [0.717, 1.165) is 39.3 Å². The van der Waals surface area contributed by atoms with Gasteiger partial charge in [0.05, 0.1) is 17.8 Å². The fraction of sp³-hybridized carbons (Fsp3) is 0.227. The molecule has 3 N–H and O–H groups in total. The summed E-state index contributed by atoms with van der Waals surface area (Å²) in [6.45, 7) is 2.43. The van der Waals surface area contributed by atoms with Gasteiger partial charge in [0, 0.05) is 35.2 Å². The predicted molar refractivity (Wildman–Crippen MR) is 120 cm³/mol. The number of halogens is 1. The van der Waals surface area contributed by atoms with Crippen LogP contribution in [0.1, 0.15) is 24.8 Å². The van der Waals surface area contributed by atoms with Crippen LogP contribution >= 0.6 is 22.9 Å². The molecular formula is C22H21ClN2O4S. The highest BCUT2D eigenvalue weighted by Crippen LogP contribution is 2.53. The summed E-state index contributed by atoms with van der Waals surface area (Å²) in [7, 11) is 1.63. The van der Waals surface area contributed by atoms with Crippen molar-refractivity contribution in [3.05, 3.63) is 52.4 Å². The van der Waals surface area contributed by atoms with E-state index < -0.39 is 6.09 Å². The maximum Gasteiger partial charge on any atom is 0.404 e. The maximum atomic E-state index is 10.9. The summed E-state index contributed by atoms with van der Waals surface area (Å²) in [5, 5.41) is 14.6. The summed E-state index contributed by atoms with van der Waals surface area (Å²) in [5.74, 6) is 0.779. The maximum absolute atomic E-state index is 10.9. The van der Waals surface area contributed by atoms with E-state index in [1.165, 1.54) is 11.3 Å². The Kier molecular flexibility index (Phi) is 5.74. The number of hydrogen-bond donors (Lipinski definition) is 3. The Balaban J connectivity index is 1.79. The summed E-state index contributed by atoms with van der Waals surface area (Å²) in [6, 6.07) is 11.9. The molecule has 1 amide bonds. The van der Waals surface area contributed by atoms with Gasteiger partial charge < -0.3 is 20.0 Å². The highest BCUT2D eigenvalue weighted by atomic mass is 35.5. The lowest BCUT2D eigenvalue weighted by atomic mass is 9.90. The average Bonchev–Trinajstić information content (AvgIpc) is 3.23. The predicted octanol–water partition coefficient (Wildman–Crippen LogP) is 6.22. The van der Waals surface area contributed by atoms with Crippen molar-refractivity contribution in [1.29, 1.82) is 0 Å². The first kappa shape index (κ1) is 20.4. The third-order valence-electron chi connectivity index (χ3n) is 5.27. The summed E-state index contributed by atoms with van der Waals surface area (Å²) < 4.78 is 5.68. The van der Waals surface area contributed by atoms with E-state index in [2.05, 4.69) is 10.8 Å². The minimum atomic E-state index is -1.01. The topological polar surface area (TPSA) is 79.8 Å². The molecule has 1 aliphatic heterocycles. The first-order valence-corrected chi connectivity index (χ1v) is 10.8. The van der Waals surface area contributed by atoms with Crippen molar-refractivity contribution in [1.82, 2.24) is 5.32 Å². The van der Waals surface area contributed by atoms with E-state index in [1.807, 2.05) is 42.6 Å². The third kappa shape index (κ3) is 3.66. The zero-order valence-electron chi connectivity index (χ0n) is 16.5. The Bertz CT molecular complexity index is 1080. The molecule has 3 aromatic rings. The lowest BCUT2D eigenvalue weighted by Gasteiger charge is -2.24. The Morgan fingerprint density at radius 1 is 1.30 bits per heavy atom. The van der Waals surface area contributed by atoms with Crippen LogP contribution in [0.15, 0.2) is 41.8 Å². The number of nitrogens with one attached hydrogen (secondary N) is 2. The van der Waals surface area contributed by atoms with Crippen LogP contribution in [-0.2, 0) is 0 Å². The molecule has 1 unspecified atom stereocenters.